The second-order valence-electron chi connectivity index (χ2n) is 6.04. The largest absolute Gasteiger partial charge is 0.377 e. The average molecular weight is 299 g/mol. The standard InChI is InChI=1S/C16H23ClOS/c17-14-12-15(16(14)8-3-1-2-4-9-16)18-10-7-13-6-5-11-19-13/h5-6,11,14-15H,1-4,7-10,12H2. The van der Waals surface area contributed by atoms with Crippen LogP contribution < -0.4 is 0 Å². The summed E-state index contributed by atoms with van der Waals surface area (Å²) < 4.78 is 6.19. The van der Waals surface area contributed by atoms with Crippen molar-refractivity contribution in [1.82, 2.24) is 0 Å². The van der Waals surface area contributed by atoms with E-state index in [9.17, 15) is 0 Å². The Labute approximate surface area is 125 Å². The summed E-state index contributed by atoms with van der Waals surface area (Å²) in [6.07, 6.45) is 10.6. The van der Waals surface area contributed by atoms with E-state index < -0.39 is 0 Å². The van der Waals surface area contributed by atoms with E-state index in [1.165, 1.54) is 43.4 Å². The van der Waals surface area contributed by atoms with E-state index >= 15 is 0 Å². The maximum Gasteiger partial charge on any atom is 0.0659 e. The van der Waals surface area contributed by atoms with Crippen molar-refractivity contribution < 1.29 is 4.74 Å². The fourth-order valence-corrected chi connectivity index (χ4v) is 4.92. The van der Waals surface area contributed by atoms with Gasteiger partial charge in [-0.2, -0.15) is 0 Å². The van der Waals surface area contributed by atoms with Crippen molar-refractivity contribution in [3.63, 3.8) is 0 Å². The average Bonchev–Trinajstić information content (AvgIpc) is 2.78. The molecule has 2 fully saturated rings. The topological polar surface area (TPSA) is 9.23 Å². The number of hydrogen-bond donors (Lipinski definition) is 0. The van der Waals surface area contributed by atoms with E-state index in [0.717, 1.165) is 19.4 Å². The number of hydrogen-bond acceptors (Lipinski definition) is 2. The Morgan fingerprint density at radius 3 is 2.68 bits per heavy atom. The van der Waals surface area contributed by atoms with Gasteiger partial charge in [0.25, 0.3) is 0 Å². The van der Waals surface area contributed by atoms with Crippen LogP contribution in [0.4, 0.5) is 0 Å². The minimum atomic E-state index is 0.313. The number of thiophene rings is 1. The van der Waals surface area contributed by atoms with Gasteiger partial charge >= 0.3 is 0 Å². The van der Waals surface area contributed by atoms with Crippen LogP contribution in [0.25, 0.3) is 0 Å². The summed E-state index contributed by atoms with van der Waals surface area (Å²) in [4.78, 5) is 1.43. The zero-order valence-corrected chi connectivity index (χ0v) is 13.0. The zero-order chi connectivity index (χ0) is 13.1. The molecule has 106 valence electrons. The van der Waals surface area contributed by atoms with Gasteiger partial charge in [-0.1, -0.05) is 31.7 Å². The Morgan fingerprint density at radius 1 is 1.26 bits per heavy atom. The number of halogens is 1. The van der Waals surface area contributed by atoms with Crippen LogP contribution in [0.5, 0.6) is 0 Å². The lowest BCUT2D eigenvalue weighted by Crippen LogP contribution is -2.55. The summed E-state index contributed by atoms with van der Waals surface area (Å²) in [5.74, 6) is 0. The molecule has 1 nitrogen and oxygen atoms in total. The summed E-state index contributed by atoms with van der Waals surface area (Å²) in [5.41, 5.74) is 0.313. The lowest BCUT2D eigenvalue weighted by molar-refractivity contribution is -0.114. The summed E-state index contributed by atoms with van der Waals surface area (Å²) in [6.45, 7) is 0.858. The summed E-state index contributed by atoms with van der Waals surface area (Å²) >= 11 is 8.38. The molecule has 2 atom stereocenters. The first-order valence-corrected chi connectivity index (χ1v) is 8.91. The monoisotopic (exact) mass is 298 g/mol. The molecule has 1 aromatic heterocycles. The predicted octanol–water partition coefficient (Wildman–Crippen LogP) is 5.03. The summed E-state index contributed by atoms with van der Waals surface area (Å²) in [6, 6.07) is 4.31. The SMILES string of the molecule is ClC1CC(OCCc2cccs2)C12CCCCCC2. The van der Waals surface area contributed by atoms with Crippen LogP contribution in [-0.2, 0) is 11.2 Å². The molecule has 19 heavy (non-hydrogen) atoms. The molecule has 0 amide bonds. The number of ether oxygens (including phenoxy) is 1. The highest BCUT2D eigenvalue weighted by molar-refractivity contribution is 7.09. The molecule has 2 unspecified atom stereocenters. The van der Waals surface area contributed by atoms with Gasteiger partial charge in [0.15, 0.2) is 0 Å². The summed E-state index contributed by atoms with van der Waals surface area (Å²) in [7, 11) is 0. The zero-order valence-electron chi connectivity index (χ0n) is 11.4. The third-order valence-corrected chi connectivity index (χ3v) is 6.52. The fraction of sp³-hybridized carbons (Fsp3) is 0.750. The highest BCUT2D eigenvalue weighted by Crippen LogP contribution is 2.55. The van der Waals surface area contributed by atoms with Gasteiger partial charge in [-0.15, -0.1) is 22.9 Å². The van der Waals surface area contributed by atoms with Crippen LogP contribution in [0.3, 0.4) is 0 Å². The molecule has 0 aliphatic heterocycles. The predicted molar refractivity (Wildman–Crippen MR) is 82.2 cm³/mol. The van der Waals surface area contributed by atoms with Crippen molar-refractivity contribution in [2.24, 2.45) is 5.41 Å². The molecule has 1 spiro atoms. The van der Waals surface area contributed by atoms with Gasteiger partial charge in [0.1, 0.15) is 0 Å². The van der Waals surface area contributed by atoms with E-state index in [4.69, 9.17) is 16.3 Å². The highest BCUT2D eigenvalue weighted by Gasteiger charge is 2.54. The van der Waals surface area contributed by atoms with E-state index in [1.807, 2.05) is 11.3 Å². The molecule has 1 aromatic rings. The number of rotatable bonds is 4. The van der Waals surface area contributed by atoms with Crippen LogP contribution in [-0.4, -0.2) is 18.1 Å². The molecule has 0 N–H and O–H groups in total. The Kier molecular flexibility index (Phi) is 4.51. The molecule has 3 rings (SSSR count). The van der Waals surface area contributed by atoms with Crippen LogP contribution in [0, 0.1) is 5.41 Å². The van der Waals surface area contributed by atoms with Crippen LogP contribution in [0.1, 0.15) is 49.8 Å². The molecular weight excluding hydrogens is 276 g/mol. The first-order chi connectivity index (χ1) is 9.31. The third-order valence-electron chi connectivity index (χ3n) is 4.97. The van der Waals surface area contributed by atoms with Gasteiger partial charge in [-0.05, 0) is 30.7 Å². The van der Waals surface area contributed by atoms with E-state index in [1.54, 1.807) is 0 Å². The molecule has 0 saturated heterocycles. The van der Waals surface area contributed by atoms with Crippen molar-refractivity contribution in [3.8, 4) is 0 Å². The van der Waals surface area contributed by atoms with Crippen molar-refractivity contribution in [1.29, 1.82) is 0 Å². The van der Waals surface area contributed by atoms with Crippen molar-refractivity contribution in [2.45, 2.75) is 62.8 Å². The molecule has 2 aliphatic rings. The van der Waals surface area contributed by atoms with Gasteiger partial charge < -0.3 is 4.74 Å². The highest BCUT2D eigenvalue weighted by atomic mass is 35.5. The maximum atomic E-state index is 6.55. The van der Waals surface area contributed by atoms with Crippen molar-refractivity contribution in [2.75, 3.05) is 6.61 Å². The number of alkyl halides is 1. The van der Waals surface area contributed by atoms with Crippen molar-refractivity contribution >= 4 is 22.9 Å². The van der Waals surface area contributed by atoms with Gasteiger partial charge in [-0.25, -0.2) is 0 Å². The maximum absolute atomic E-state index is 6.55. The van der Waals surface area contributed by atoms with Gasteiger partial charge in [0.05, 0.1) is 12.7 Å². The lowest BCUT2D eigenvalue weighted by Gasteiger charge is -2.53. The minimum Gasteiger partial charge on any atom is -0.377 e. The molecule has 2 aliphatic carbocycles. The lowest BCUT2D eigenvalue weighted by atomic mass is 9.61. The van der Waals surface area contributed by atoms with Gasteiger partial charge in [0, 0.05) is 22.1 Å². The smallest absolute Gasteiger partial charge is 0.0659 e. The molecule has 2 saturated carbocycles. The van der Waals surface area contributed by atoms with Crippen LogP contribution in [0.15, 0.2) is 17.5 Å². The van der Waals surface area contributed by atoms with Gasteiger partial charge in [0.2, 0.25) is 0 Å². The molecule has 1 heterocycles. The Morgan fingerprint density at radius 2 is 2.05 bits per heavy atom. The van der Waals surface area contributed by atoms with Crippen molar-refractivity contribution in [3.05, 3.63) is 22.4 Å². The Hall–Kier alpha value is -0.0500. The minimum absolute atomic E-state index is 0.313. The molecule has 3 heteroatoms. The Balaban J connectivity index is 1.52. The normalized spacial score (nSPS) is 29.9. The quantitative estimate of drug-likeness (QED) is 0.709. The molecule has 0 radical (unpaired) electrons. The van der Waals surface area contributed by atoms with Crippen LogP contribution >= 0.6 is 22.9 Å². The molecular formula is C16H23ClOS. The van der Waals surface area contributed by atoms with E-state index in [-0.39, 0.29) is 0 Å². The summed E-state index contributed by atoms with van der Waals surface area (Å²) in [5, 5.41) is 2.50. The Bertz CT molecular complexity index is 381. The van der Waals surface area contributed by atoms with Gasteiger partial charge in [-0.3, -0.25) is 0 Å². The molecule has 0 bridgehead atoms. The first-order valence-electron chi connectivity index (χ1n) is 7.59. The second-order valence-corrected chi connectivity index (χ2v) is 7.60. The van der Waals surface area contributed by atoms with E-state index in [0.29, 0.717) is 16.9 Å². The van der Waals surface area contributed by atoms with E-state index in [2.05, 4.69) is 17.5 Å². The molecule has 0 aromatic carbocycles. The second kappa shape index (κ2) is 6.15. The van der Waals surface area contributed by atoms with Crippen LogP contribution in [0.2, 0.25) is 0 Å². The first kappa shape index (κ1) is 13.9. The third kappa shape index (κ3) is 2.86. The fourth-order valence-electron chi connectivity index (χ4n) is 3.71.